The molecule has 0 bridgehead atoms. The van der Waals surface area contributed by atoms with Crippen LogP contribution in [0.4, 0.5) is 4.79 Å². The minimum absolute atomic E-state index is 0.100. The summed E-state index contributed by atoms with van der Waals surface area (Å²) in [5, 5.41) is 9.43. The van der Waals surface area contributed by atoms with Crippen LogP contribution in [0.1, 0.15) is 38.5 Å². The Morgan fingerprint density at radius 1 is 1.25 bits per heavy atom. The third-order valence-corrected chi connectivity index (χ3v) is 3.86. The molecular formula is C12H22N2O2. The molecule has 2 aliphatic rings. The molecule has 16 heavy (non-hydrogen) atoms. The number of carbonyl (C=O) groups excluding carboxylic acids is 1. The second-order valence-corrected chi connectivity index (χ2v) is 5.07. The van der Waals surface area contributed by atoms with E-state index in [2.05, 4.69) is 0 Å². The molecule has 1 aliphatic carbocycles. The standard InChI is InChI=1S/C12H22N2O2/c1-13(10-5-3-2-4-6-10)12(16)14-8-7-11(15)9-14/h10-11,15H,2-9H2,1H3. The van der Waals surface area contributed by atoms with Crippen LogP contribution in [0.15, 0.2) is 0 Å². The Morgan fingerprint density at radius 3 is 2.50 bits per heavy atom. The lowest BCUT2D eigenvalue weighted by atomic mass is 9.95. The fourth-order valence-electron chi connectivity index (χ4n) is 2.76. The Hall–Kier alpha value is -0.770. The van der Waals surface area contributed by atoms with Gasteiger partial charge in [-0.25, -0.2) is 4.79 Å². The molecular weight excluding hydrogens is 204 g/mol. The Labute approximate surface area is 97.2 Å². The zero-order chi connectivity index (χ0) is 11.5. The van der Waals surface area contributed by atoms with E-state index in [4.69, 9.17) is 0 Å². The molecule has 0 spiro atoms. The van der Waals surface area contributed by atoms with Gasteiger partial charge < -0.3 is 14.9 Å². The van der Waals surface area contributed by atoms with Crippen LogP contribution in [0, 0.1) is 0 Å². The number of rotatable bonds is 1. The van der Waals surface area contributed by atoms with Gasteiger partial charge in [-0.15, -0.1) is 0 Å². The molecule has 4 heteroatoms. The predicted molar refractivity (Wildman–Crippen MR) is 62.2 cm³/mol. The van der Waals surface area contributed by atoms with E-state index in [9.17, 15) is 9.90 Å². The first kappa shape index (κ1) is 11.7. The molecule has 1 heterocycles. The van der Waals surface area contributed by atoms with E-state index >= 15 is 0 Å². The third kappa shape index (κ3) is 2.48. The van der Waals surface area contributed by atoms with E-state index in [1.54, 1.807) is 4.90 Å². The number of hydrogen-bond acceptors (Lipinski definition) is 2. The lowest BCUT2D eigenvalue weighted by Crippen LogP contribution is -2.46. The average molecular weight is 226 g/mol. The highest BCUT2D eigenvalue weighted by molar-refractivity contribution is 5.74. The first-order chi connectivity index (χ1) is 7.68. The lowest BCUT2D eigenvalue weighted by molar-refractivity contribution is 0.132. The molecule has 0 radical (unpaired) electrons. The van der Waals surface area contributed by atoms with Gasteiger partial charge in [-0.05, 0) is 19.3 Å². The number of carbonyl (C=O) groups is 1. The fraction of sp³-hybridized carbons (Fsp3) is 0.917. The fourth-order valence-corrected chi connectivity index (χ4v) is 2.76. The van der Waals surface area contributed by atoms with Crippen LogP contribution in [0.3, 0.4) is 0 Å². The first-order valence-corrected chi connectivity index (χ1v) is 6.38. The van der Waals surface area contributed by atoms with Crippen molar-refractivity contribution in [2.45, 2.75) is 50.7 Å². The molecule has 1 saturated heterocycles. The SMILES string of the molecule is CN(C(=O)N1CCC(O)C1)C1CCCCC1. The maximum atomic E-state index is 12.1. The van der Waals surface area contributed by atoms with E-state index < -0.39 is 0 Å². The van der Waals surface area contributed by atoms with Crippen LogP contribution >= 0.6 is 0 Å². The Morgan fingerprint density at radius 2 is 1.94 bits per heavy atom. The Bertz CT molecular complexity index is 251. The quantitative estimate of drug-likeness (QED) is 0.735. The highest BCUT2D eigenvalue weighted by atomic mass is 16.3. The van der Waals surface area contributed by atoms with Crippen molar-refractivity contribution in [1.29, 1.82) is 0 Å². The zero-order valence-electron chi connectivity index (χ0n) is 10.1. The van der Waals surface area contributed by atoms with Gasteiger partial charge in [0, 0.05) is 26.2 Å². The van der Waals surface area contributed by atoms with Crippen molar-refractivity contribution in [3.63, 3.8) is 0 Å². The van der Waals surface area contributed by atoms with Crippen LogP contribution in [0.2, 0.25) is 0 Å². The highest BCUT2D eigenvalue weighted by Crippen LogP contribution is 2.23. The summed E-state index contributed by atoms with van der Waals surface area (Å²) < 4.78 is 0. The predicted octanol–water partition coefficient (Wildman–Crippen LogP) is 1.44. The van der Waals surface area contributed by atoms with Gasteiger partial charge in [0.05, 0.1) is 6.10 Å². The van der Waals surface area contributed by atoms with Crippen molar-refractivity contribution >= 4 is 6.03 Å². The van der Waals surface area contributed by atoms with Gasteiger partial charge in [-0.3, -0.25) is 0 Å². The van der Waals surface area contributed by atoms with Gasteiger partial charge in [0.1, 0.15) is 0 Å². The van der Waals surface area contributed by atoms with Crippen LogP contribution < -0.4 is 0 Å². The molecule has 0 aromatic rings. The highest BCUT2D eigenvalue weighted by Gasteiger charge is 2.30. The summed E-state index contributed by atoms with van der Waals surface area (Å²) in [5.41, 5.74) is 0. The van der Waals surface area contributed by atoms with Crippen molar-refractivity contribution in [3.8, 4) is 0 Å². The van der Waals surface area contributed by atoms with Crippen LogP contribution in [-0.2, 0) is 0 Å². The van der Waals surface area contributed by atoms with E-state index in [1.165, 1.54) is 19.3 Å². The molecule has 4 nitrogen and oxygen atoms in total. The smallest absolute Gasteiger partial charge is 0.320 e. The van der Waals surface area contributed by atoms with Crippen molar-refractivity contribution in [1.82, 2.24) is 9.80 Å². The monoisotopic (exact) mass is 226 g/mol. The summed E-state index contributed by atoms with van der Waals surface area (Å²) in [7, 11) is 1.91. The van der Waals surface area contributed by atoms with Crippen molar-refractivity contribution < 1.29 is 9.90 Å². The van der Waals surface area contributed by atoms with E-state index in [1.807, 2.05) is 11.9 Å². The van der Waals surface area contributed by atoms with Crippen LogP contribution in [0.5, 0.6) is 0 Å². The average Bonchev–Trinajstić information content (AvgIpc) is 2.75. The Kier molecular flexibility index (Phi) is 3.69. The third-order valence-electron chi connectivity index (χ3n) is 3.86. The molecule has 1 saturated carbocycles. The van der Waals surface area contributed by atoms with Crippen molar-refractivity contribution in [2.24, 2.45) is 0 Å². The molecule has 1 N–H and O–H groups in total. The topological polar surface area (TPSA) is 43.8 Å². The molecule has 92 valence electrons. The van der Waals surface area contributed by atoms with Crippen molar-refractivity contribution in [3.05, 3.63) is 0 Å². The molecule has 1 unspecified atom stereocenters. The summed E-state index contributed by atoms with van der Waals surface area (Å²) in [6.45, 7) is 1.22. The minimum Gasteiger partial charge on any atom is -0.391 e. The summed E-state index contributed by atoms with van der Waals surface area (Å²) in [4.78, 5) is 15.8. The van der Waals surface area contributed by atoms with E-state index in [0.29, 0.717) is 19.1 Å². The molecule has 2 fully saturated rings. The summed E-state index contributed by atoms with van der Waals surface area (Å²) >= 11 is 0. The molecule has 2 amide bonds. The molecule has 1 atom stereocenters. The molecule has 0 aromatic carbocycles. The second-order valence-electron chi connectivity index (χ2n) is 5.07. The van der Waals surface area contributed by atoms with Crippen LogP contribution in [0.25, 0.3) is 0 Å². The van der Waals surface area contributed by atoms with Crippen LogP contribution in [-0.4, -0.2) is 53.2 Å². The molecule has 2 rings (SSSR count). The van der Waals surface area contributed by atoms with Gasteiger partial charge >= 0.3 is 6.03 Å². The number of aliphatic hydroxyl groups excluding tert-OH is 1. The van der Waals surface area contributed by atoms with E-state index in [-0.39, 0.29) is 12.1 Å². The largest absolute Gasteiger partial charge is 0.391 e. The lowest BCUT2D eigenvalue weighted by Gasteiger charge is -2.34. The minimum atomic E-state index is -0.316. The summed E-state index contributed by atoms with van der Waals surface area (Å²) in [5.74, 6) is 0. The number of aliphatic hydroxyl groups is 1. The number of nitrogens with zero attached hydrogens (tertiary/aromatic N) is 2. The number of urea groups is 1. The number of amides is 2. The molecule has 0 aromatic heterocycles. The second kappa shape index (κ2) is 5.04. The number of hydrogen-bond donors (Lipinski definition) is 1. The van der Waals surface area contributed by atoms with Gasteiger partial charge in [0.25, 0.3) is 0 Å². The summed E-state index contributed by atoms with van der Waals surface area (Å²) in [6.07, 6.45) is 6.47. The molecule has 1 aliphatic heterocycles. The Balaban J connectivity index is 1.88. The number of β-amino-alcohol motifs (C(OH)–C–C–N with tert-alkyl or cyclic N) is 1. The van der Waals surface area contributed by atoms with Crippen molar-refractivity contribution in [2.75, 3.05) is 20.1 Å². The van der Waals surface area contributed by atoms with Gasteiger partial charge in [0.15, 0.2) is 0 Å². The maximum Gasteiger partial charge on any atom is 0.320 e. The van der Waals surface area contributed by atoms with Gasteiger partial charge in [0.2, 0.25) is 0 Å². The van der Waals surface area contributed by atoms with Gasteiger partial charge in [-0.1, -0.05) is 19.3 Å². The maximum absolute atomic E-state index is 12.1. The van der Waals surface area contributed by atoms with E-state index in [0.717, 1.165) is 19.3 Å². The number of likely N-dealkylation sites (tertiary alicyclic amines) is 1. The normalized spacial score (nSPS) is 27.1. The van der Waals surface area contributed by atoms with Gasteiger partial charge in [-0.2, -0.15) is 0 Å². The summed E-state index contributed by atoms with van der Waals surface area (Å²) in [6, 6.07) is 0.516. The first-order valence-electron chi connectivity index (χ1n) is 6.38. The zero-order valence-corrected chi connectivity index (χ0v) is 10.1.